The Balaban J connectivity index is 1.58. The third kappa shape index (κ3) is 5.52. The zero-order valence-electron chi connectivity index (χ0n) is 14.0. The van der Waals surface area contributed by atoms with Gasteiger partial charge in [-0.25, -0.2) is 0 Å². The van der Waals surface area contributed by atoms with Gasteiger partial charge in [-0.2, -0.15) is 0 Å². The summed E-state index contributed by atoms with van der Waals surface area (Å²) in [5.74, 6) is -0.00695. The lowest BCUT2D eigenvalue weighted by atomic mass is 10.2. The quantitative estimate of drug-likeness (QED) is 0.675. The lowest BCUT2D eigenvalue weighted by Gasteiger charge is -2.22. The summed E-state index contributed by atoms with van der Waals surface area (Å²) in [4.78, 5) is 19.5. The number of carbonyl (C=O) groups is 1. The van der Waals surface area contributed by atoms with Crippen LogP contribution in [0.4, 0.5) is 0 Å². The summed E-state index contributed by atoms with van der Waals surface area (Å²) in [7, 11) is 0. The minimum atomic E-state index is -0.00695. The molecule has 5 heteroatoms. The fraction of sp³-hybridized carbons (Fsp3) is 0.200. The molecule has 0 saturated heterocycles. The van der Waals surface area contributed by atoms with E-state index in [1.807, 2.05) is 60.1 Å². The largest absolute Gasteiger partial charge is 0.350 e. The van der Waals surface area contributed by atoms with E-state index in [1.54, 1.807) is 0 Å². The first-order chi connectivity index (χ1) is 12.3. The first-order valence-electron chi connectivity index (χ1n) is 8.29. The van der Waals surface area contributed by atoms with Crippen molar-refractivity contribution >= 4 is 17.2 Å². The van der Waals surface area contributed by atoms with Gasteiger partial charge < -0.3 is 5.32 Å². The van der Waals surface area contributed by atoms with Gasteiger partial charge in [-0.05, 0) is 29.1 Å². The Morgan fingerprint density at radius 3 is 2.56 bits per heavy atom. The number of benzene rings is 1. The molecule has 2 heterocycles. The number of hydrogen-bond donors (Lipinski definition) is 1. The Hall–Kier alpha value is -2.50. The molecule has 2 aromatic heterocycles. The second-order valence-corrected chi connectivity index (χ2v) is 6.70. The summed E-state index contributed by atoms with van der Waals surface area (Å²) >= 11 is 1.46. The highest BCUT2D eigenvalue weighted by atomic mass is 32.1. The number of hydrogen-bond acceptors (Lipinski definition) is 4. The van der Waals surface area contributed by atoms with E-state index in [4.69, 9.17) is 0 Å². The smallest absolute Gasteiger partial charge is 0.261 e. The minimum Gasteiger partial charge on any atom is -0.350 e. The molecule has 0 aliphatic carbocycles. The maximum atomic E-state index is 12.1. The second-order valence-electron chi connectivity index (χ2n) is 5.75. The van der Waals surface area contributed by atoms with Crippen molar-refractivity contribution in [3.63, 3.8) is 0 Å². The average Bonchev–Trinajstić information content (AvgIpc) is 3.18. The molecule has 3 rings (SSSR count). The molecule has 0 bridgehead atoms. The zero-order chi connectivity index (χ0) is 17.3. The summed E-state index contributed by atoms with van der Waals surface area (Å²) in [6, 6.07) is 20.0. The summed E-state index contributed by atoms with van der Waals surface area (Å²) in [5, 5.41) is 4.91. The Labute approximate surface area is 152 Å². The molecule has 0 atom stereocenters. The van der Waals surface area contributed by atoms with Gasteiger partial charge in [0.1, 0.15) is 0 Å². The third-order valence-electron chi connectivity index (χ3n) is 3.82. The van der Waals surface area contributed by atoms with E-state index in [2.05, 4.69) is 27.3 Å². The van der Waals surface area contributed by atoms with E-state index in [0.29, 0.717) is 6.54 Å². The van der Waals surface area contributed by atoms with E-state index in [-0.39, 0.29) is 5.91 Å². The summed E-state index contributed by atoms with van der Waals surface area (Å²) in [6.07, 6.45) is 1.81. The molecular weight excluding hydrogens is 330 g/mol. The van der Waals surface area contributed by atoms with Crippen molar-refractivity contribution in [1.82, 2.24) is 15.2 Å². The van der Waals surface area contributed by atoms with E-state index < -0.39 is 0 Å². The molecule has 0 aliphatic heterocycles. The Morgan fingerprint density at radius 1 is 1.00 bits per heavy atom. The molecule has 1 N–H and O–H groups in total. The van der Waals surface area contributed by atoms with E-state index >= 15 is 0 Å². The predicted molar refractivity (Wildman–Crippen MR) is 101 cm³/mol. The lowest BCUT2D eigenvalue weighted by molar-refractivity contribution is 0.0951. The first kappa shape index (κ1) is 17.3. The molecule has 1 amide bonds. The van der Waals surface area contributed by atoms with Crippen LogP contribution in [-0.4, -0.2) is 28.9 Å². The van der Waals surface area contributed by atoms with Crippen molar-refractivity contribution < 1.29 is 4.79 Å². The first-order valence-corrected chi connectivity index (χ1v) is 9.17. The van der Waals surface area contributed by atoms with Gasteiger partial charge in [0.05, 0.1) is 10.6 Å². The zero-order valence-corrected chi connectivity index (χ0v) is 14.8. The lowest BCUT2D eigenvalue weighted by Crippen LogP contribution is -2.34. The second kappa shape index (κ2) is 9.11. The normalized spacial score (nSPS) is 10.8. The molecule has 0 spiro atoms. The number of carbonyl (C=O) groups excluding carboxylic acids is 1. The maximum Gasteiger partial charge on any atom is 0.261 e. The SMILES string of the molecule is O=C(NCCN(Cc1ccccc1)Cc1ccccn1)c1cccs1. The monoisotopic (exact) mass is 351 g/mol. The maximum absolute atomic E-state index is 12.1. The molecule has 0 fully saturated rings. The molecule has 0 aliphatic rings. The van der Waals surface area contributed by atoms with Crippen molar-refractivity contribution in [2.24, 2.45) is 0 Å². The molecule has 0 unspecified atom stereocenters. The van der Waals surface area contributed by atoms with Gasteiger partial charge >= 0.3 is 0 Å². The number of rotatable bonds is 8. The highest BCUT2D eigenvalue weighted by Gasteiger charge is 2.10. The van der Waals surface area contributed by atoms with Crippen LogP contribution < -0.4 is 5.32 Å². The number of aromatic nitrogens is 1. The molecule has 0 saturated carbocycles. The number of amides is 1. The van der Waals surface area contributed by atoms with E-state index in [9.17, 15) is 4.79 Å². The molecular formula is C20H21N3OS. The summed E-state index contributed by atoms with van der Waals surface area (Å²) in [5.41, 5.74) is 2.28. The van der Waals surface area contributed by atoms with Crippen LogP contribution in [0.3, 0.4) is 0 Å². The van der Waals surface area contributed by atoms with Crippen LogP contribution in [0, 0.1) is 0 Å². The van der Waals surface area contributed by atoms with Gasteiger partial charge in [0.25, 0.3) is 5.91 Å². The van der Waals surface area contributed by atoms with Crippen molar-refractivity contribution in [1.29, 1.82) is 0 Å². The van der Waals surface area contributed by atoms with Gasteiger partial charge in [0, 0.05) is 32.4 Å². The number of pyridine rings is 1. The van der Waals surface area contributed by atoms with Crippen LogP contribution in [-0.2, 0) is 13.1 Å². The molecule has 25 heavy (non-hydrogen) atoms. The molecule has 128 valence electrons. The molecule has 0 radical (unpaired) electrons. The van der Waals surface area contributed by atoms with Crippen LogP contribution in [0.5, 0.6) is 0 Å². The topological polar surface area (TPSA) is 45.2 Å². The predicted octanol–water partition coefficient (Wildman–Crippen LogP) is 3.58. The standard InChI is InChI=1S/C20H21N3OS/c24-20(19-10-6-14-25-19)22-12-13-23(15-17-7-2-1-3-8-17)16-18-9-4-5-11-21-18/h1-11,14H,12-13,15-16H2,(H,22,24). The van der Waals surface area contributed by atoms with Crippen LogP contribution >= 0.6 is 11.3 Å². The Bertz CT molecular complexity index is 719. The van der Waals surface area contributed by atoms with Crippen molar-refractivity contribution in [2.45, 2.75) is 13.1 Å². The van der Waals surface area contributed by atoms with Crippen molar-refractivity contribution in [2.75, 3.05) is 13.1 Å². The van der Waals surface area contributed by atoms with E-state index in [0.717, 1.165) is 30.2 Å². The Kier molecular flexibility index (Phi) is 6.31. The molecule has 3 aromatic rings. The fourth-order valence-electron chi connectivity index (χ4n) is 2.60. The fourth-order valence-corrected chi connectivity index (χ4v) is 3.24. The summed E-state index contributed by atoms with van der Waals surface area (Å²) in [6.45, 7) is 2.95. The van der Waals surface area contributed by atoms with Crippen LogP contribution in [0.15, 0.2) is 72.2 Å². The van der Waals surface area contributed by atoms with Crippen LogP contribution in [0.1, 0.15) is 20.9 Å². The minimum absolute atomic E-state index is 0.00695. The number of nitrogens with zero attached hydrogens (tertiary/aromatic N) is 2. The number of thiophene rings is 1. The van der Waals surface area contributed by atoms with Gasteiger partial charge in [-0.15, -0.1) is 11.3 Å². The highest BCUT2D eigenvalue weighted by Crippen LogP contribution is 2.09. The van der Waals surface area contributed by atoms with Gasteiger partial charge in [0.15, 0.2) is 0 Å². The van der Waals surface area contributed by atoms with Gasteiger partial charge in [-0.1, -0.05) is 42.5 Å². The third-order valence-corrected chi connectivity index (χ3v) is 4.69. The molecule has 4 nitrogen and oxygen atoms in total. The van der Waals surface area contributed by atoms with Gasteiger partial charge in [0.2, 0.25) is 0 Å². The Morgan fingerprint density at radius 2 is 1.84 bits per heavy atom. The van der Waals surface area contributed by atoms with Crippen LogP contribution in [0.2, 0.25) is 0 Å². The molecule has 1 aromatic carbocycles. The van der Waals surface area contributed by atoms with Crippen molar-refractivity contribution in [3.8, 4) is 0 Å². The highest BCUT2D eigenvalue weighted by molar-refractivity contribution is 7.12. The van der Waals surface area contributed by atoms with E-state index in [1.165, 1.54) is 16.9 Å². The van der Waals surface area contributed by atoms with Crippen LogP contribution in [0.25, 0.3) is 0 Å². The summed E-state index contributed by atoms with van der Waals surface area (Å²) < 4.78 is 0. The van der Waals surface area contributed by atoms with Gasteiger partial charge in [-0.3, -0.25) is 14.7 Å². The van der Waals surface area contributed by atoms with Crippen molar-refractivity contribution in [3.05, 3.63) is 88.4 Å². The average molecular weight is 351 g/mol. The number of nitrogens with one attached hydrogen (secondary N) is 1.